The summed E-state index contributed by atoms with van der Waals surface area (Å²) in [6.45, 7) is 27.1. The van der Waals surface area contributed by atoms with Crippen molar-refractivity contribution in [3.63, 3.8) is 0 Å². The van der Waals surface area contributed by atoms with Gasteiger partial charge in [-0.05, 0) is 63.1 Å². The fraction of sp³-hybridized carbons (Fsp3) is 0.463. The second-order valence-corrected chi connectivity index (χ2v) is 19.2. The normalized spacial score (nSPS) is 14.9. The quantitative estimate of drug-likeness (QED) is 0.0875. The largest absolute Gasteiger partial charge is 0.512 e. The van der Waals surface area contributed by atoms with E-state index in [0.717, 1.165) is 31.2 Å². The summed E-state index contributed by atoms with van der Waals surface area (Å²) in [5.74, 6) is 0.547. The molecule has 4 aromatic rings. The van der Waals surface area contributed by atoms with Gasteiger partial charge in [-0.1, -0.05) is 113 Å². The first-order valence-corrected chi connectivity index (χ1v) is 20.0. The van der Waals surface area contributed by atoms with Crippen LogP contribution in [0.3, 0.4) is 0 Å². The number of aliphatic hydroxyl groups is 1. The number of ketones is 1. The zero-order chi connectivity index (χ0) is 33.4. The van der Waals surface area contributed by atoms with Crippen molar-refractivity contribution in [1.29, 1.82) is 0 Å². The molecule has 0 saturated heterocycles. The molecule has 1 aromatic heterocycles. The minimum absolute atomic E-state index is 0. The van der Waals surface area contributed by atoms with Crippen molar-refractivity contribution in [3.05, 3.63) is 82.1 Å². The van der Waals surface area contributed by atoms with Gasteiger partial charge >= 0.3 is 0 Å². The van der Waals surface area contributed by atoms with E-state index in [4.69, 9.17) is 4.98 Å². The molecule has 0 spiro atoms. The van der Waals surface area contributed by atoms with Crippen LogP contribution in [0.4, 0.5) is 0 Å². The molecular formula is C41H54IrNO2Si-. The fourth-order valence-corrected chi connectivity index (χ4v) is 10.8. The van der Waals surface area contributed by atoms with Crippen LogP contribution in [0.2, 0.25) is 13.1 Å². The van der Waals surface area contributed by atoms with Crippen molar-refractivity contribution in [3.8, 4) is 11.3 Å². The van der Waals surface area contributed by atoms with Gasteiger partial charge < -0.3 is 5.11 Å². The first-order valence-electron chi connectivity index (χ1n) is 17.0. The molecule has 1 N–H and O–H groups in total. The summed E-state index contributed by atoms with van der Waals surface area (Å²) in [6.07, 6.45) is 4.91. The molecule has 0 atom stereocenters. The molecule has 5 rings (SSSR count). The Bertz CT molecular complexity index is 1780. The molecule has 5 heteroatoms. The Kier molecular flexibility index (Phi) is 12.1. The molecule has 3 nitrogen and oxygen atoms in total. The molecule has 0 amide bonds. The number of rotatable bonds is 7. The van der Waals surface area contributed by atoms with Crippen LogP contribution in [-0.2, 0) is 29.9 Å². The van der Waals surface area contributed by atoms with Crippen LogP contribution in [0.5, 0.6) is 0 Å². The zero-order valence-corrected chi connectivity index (χ0v) is 33.6. The third-order valence-corrected chi connectivity index (χ3v) is 16.4. The number of carbonyl (C=O) groups is 1. The van der Waals surface area contributed by atoms with E-state index in [2.05, 4.69) is 97.1 Å². The maximum atomic E-state index is 11.7. The summed E-state index contributed by atoms with van der Waals surface area (Å²) >= 11 is 0. The van der Waals surface area contributed by atoms with E-state index in [1.54, 1.807) is 0 Å². The summed E-state index contributed by atoms with van der Waals surface area (Å²) in [5, 5.41) is 15.2. The number of aromatic nitrogens is 1. The number of benzene rings is 3. The summed E-state index contributed by atoms with van der Waals surface area (Å²) in [5.41, 5.74) is 10.5. The van der Waals surface area contributed by atoms with Crippen molar-refractivity contribution in [2.45, 2.75) is 113 Å². The van der Waals surface area contributed by atoms with Gasteiger partial charge in [-0.15, -0.1) is 28.6 Å². The minimum Gasteiger partial charge on any atom is -0.512 e. The number of allylic oxidation sites excluding steroid dienone is 2. The number of para-hydroxylation sites is 1. The van der Waals surface area contributed by atoms with Gasteiger partial charge in [0.15, 0.2) is 5.78 Å². The second-order valence-electron chi connectivity index (χ2n) is 14.2. The van der Waals surface area contributed by atoms with Gasteiger partial charge in [0.25, 0.3) is 0 Å². The Morgan fingerprint density at radius 3 is 2.04 bits per heavy atom. The molecular weight excluding hydrogens is 759 g/mol. The molecule has 1 aliphatic heterocycles. The minimum atomic E-state index is -1.88. The first-order chi connectivity index (χ1) is 21.2. The molecule has 0 fully saturated rings. The van der Waals surface area contributed by atoms with Crippen LogP contribution in [-0.4, -0.2) is 23.9 Å². The molecule has 0 bridgehead atoms. The number of nitrogens with zero attached hydrogens (tertiary/aromatic N) is 1. The van der Waals surface area contributed by atoms with Gasteiger partial charge in [-0.2, -0.15) is 0 Å². The Morgan fingerprint density at radius 2 is 1.46 bits per heavy atom. The van der Waals surface area contributed by atoms with Crippen LogP contribution >= 0.6 is 0 Å². The predicted octanol–water partition coefficient (Wildman–Crippen LogP) is 10.7. The van der Waals surface area contributed by atoms with Crippen molar-refractivity contribution in [2.75, 3.05) is 0 Å². The molecule has 1 aliphatic rings. The number of hydrogen-bond donors (Lipinski definition) is 1. The average Bonchev–Trinajstić information content (AvgIpc) is 2.98. The van der Waals surface area contributed by atoms with Gasteiger partial charge in [-0.3, -0.25) is 9.78 Å². The smallest absolute Gasteiger partial charge is 0.162 e. The monoisotopic (exact) mass is 813 g/mol. The molecule has 0 aliphatic carbocycles. The molecule has 1 radical (unpaired) electrons. The third kappa shape index (κ3) is 6.57. The van der Waals surface area contributed by atoms with E-state index in [-0.39, 0.29) is 48.5 Å². The number of pyridine rings is 1. The van der Waals surface area contributed by atoms with Crippen molar-refractivity contribution < 1.29 is 30.0 Å². The summed E-state index contributed by atoms with van der Waals surface area (Å²) in [4.78, 5) is 17.0. The third-order valence-electron chi connectivity index (χ3n) is 11.2. The Labute approximate surface area is 292 Å². The summed E-state index contributed by atoms with van der Waals surface area (Å²) < 4.78 is 0. The van der Waals surface area contributed by atoms with E-state index in [9.17, 15) is 9.90 Å². The average molecular weight is 813 g/mol. The summed E-state index contributed by atoms with van der Waals surface area (Å²) in [6, 6.07) is 17.1. The summed E-state index contributed by atoms with van der Waals surface area (Å²) in [7, 11) is -1.88. The maximum Gasteiger partial charge on any atom is 0.162 e. The van der Waals surface area contributed by atoms with Crippen molar-refractivity contribution in [2.24, 2.45) is 11.8 Å². The van der Waals surface area contributed by atoms with Crippen LogP contribution < -0.4 is 5.19 Å². The maximum absolute atomic E-state index is 11.7. The number of aliphatic hydroxyl groups excluding tert-OH is 1. The van der Waals surface area contributed by atoms with Crippen LogP contribution in [0.15, 0.2) is 48.2 Å². The molecule has 2 heterocycles. The van der Waals surface area contributed by atoms with E-state index >= 15 is 0 Å². The van der Waals surface area contributed by atoms with Gasteiger partial charge in [0.05, 0.1) is 19.3 Å². The Hall–Kier alpha value is -2.59. The molecule has 0 unspecified atom stereocenters. The number of aryl methyl sites for hydroxylation is 4. The molecule has 0 saturated carbocycles. The van der Waals surface area contributed by atoms with E-state index in [1.165, 1.54) is 66.5 Å². The molecule has 249 valence electrons. The standard InChI is InChI=1S/C28H30NSi.C13H24O2.Ir/c1-16-13-20-15-23-25(18(3)22(20)14-17(16)2)28(5,6)30(7,8)27-19(4)21-11-9-10-12-24(21)29-26(23)27;1-5-10(6-2)12(14)9-13(15)11(7-3)8-4;/h9-14H,1-8H3;9-11,14H,5-8H2,1-4H3;/q-1;;/b;12-9-;. The van der Waals surface area contributed by atoms with Gasteiger partial charge in [0.1, 0.15) is 0 Å². The van der Waals surface area contributed by atoms with Crippen LogP contribution in [0.25, 0.3) is 32.9 Å². The number of carbonyl (C=O) groups excluding carboxylic acids is 1. The molecule has 46 heavy (non-hydrogen) atoms. The second kappa shape index (κ2) is 14.7. The SMILES string of the molecule is CCC(CC)C(=O)/C=C(\O)C(CC)CC.Cc1cc2[c-]c3c(c(C)c2cc1C)C(C)(C)[Si](C)(C)c1c-3nc2ccccc2c1C.[Ir]. The van der Waals surface area contributed by atoms with Gasteiger partial charge in [-0.25, -0.2) is 0 Å². The van der Waals surface area contributed by atoms with Crippen molar-refractivity contribution >= 4 is 40.7 Å². The van der Waals surface area contributed by atoms with Gasteiger partial charge in [0, 0.05) is 49.1 Å². The van der Waals surface area contributed by atoms with Crippen LogP contribution in [0.1, 0.15) is 95.0 Å². The predicted molar refractivity (Wildman–Crippen MR) is 196 cm³/mol. The van der Waals surface area contributed by atoms with Crippen LogP contribution in [0, 0.1) is 45.6 Å². The van der Waals surface area contributed by atoms with Gasteiger partial charge in [0.2, 0.25) is 0 Å². The molecule has 3 aromatic carbocycles. The zero-order valence-electron chi connectivity index (χ0n) is 30.2. The topological polar surface area (TPSA) is 50.2 Å². The Balaban J connectivity index is 0.000000309. The van der Waals surface area contributed by atoms with E-state index in [0.29, 0.717) is 0 Å². The van der Waals surface area contributed by atoms with E-state index < -0.39 is 8.07 Å². The Morgan fingerprint density at radius 1 is 0.891 bits per heavy atom. The first kappa shape index (κ1) is 37.9. The van der Waals surface area contributed by atoms with Crippen molar-refractivity contribution in [1.82, 2.24) is 4.98 Å². The number of fused-ring (bicyclic) bond motifs is 5. The van der Waals surface area contributed by atoms with E-state index in [1.807, 2.05) is 27.7 Å². The number of hydrogen-bond acceptors (Lipinski definition) is 3. The fourth-order valence-electron chi connectivity index (χ4n) is 7.44.